The Labute approximate surface area is 143 Å². The number of likely N-dealkylation sites (tertiary alicyclic amines) is 1. The number of carbonyl (C=O) groups excluding carboxylic acids is 2. The van der Waals surface area contributed by atoms with Gasteiger partial charge in [0.15, 0.2) is 0 Å². The zero-order chi connectivity index (χ0) is 18.0. The highest BCUT2D eigenvalue weighted by Gasteiger charge is 2.33. The van der Waals surface area contributed by atoms with Crippen LogP contribution < -0.4 is 0 Å². The number of morpholine rings is 1. The van der Waals surface area contributed by atoms with Crippen LogP contribution in [0.5, 0.6) is 0 Å². The molecule has 136 valence electrons. The summed E-state index contributed by atoms with van der Waals surface area (Å²) in [7, 11) is 0. The highest BCUT2D eigenvalue weighted by atomic mass is 19.4. The summed E-state index contributed by atoms with van der Waals surface area (Å²) in [4.78, 5) is 27.1. The molecule has 25 heavy (non-hydrogen) atoms. The topological polar surface area (TPSA) is 49.9 Å². The van der Waals surface area contributed by atoms with Crippen LogP contribution in [-0.4, -0.2) is 54.4 Å². The van der Waals surface area contributed by atoms with E-state index in [0.29, 0.717) is 25.1 Å². The van der Waals surface area contributed by atoms with Gasteiger partial charge in [0.1, 0.15) is 6.10 Å². The third kappa shape index (κ3) is 4.12. The first-order valence-electron chi connectivity index (χ1n) is 8.19. The Kier molecular flexibility index (Phi) is 4.99. The number of benzene rings is 1. The number of carbonyl (C=O) groups is 2. The van der Waals surface area contributed by atoms with Gasteiger partial charge in [-0.15, -0.1) is 0 Å². The van der Waals surface area contributed by atoms with Crippen molar-refractivity contribution in [3.8, 4) is 0 Å². The van der Waals surface area contributed by atoms with Crippen LogP contribution in [0.15, 0.2) is 24.3 Å². The third-order valence-corrected chi connectivity index (χ3v) is 4.50. The Morgan fingerprint density at radius 1 is 1.28 bits per heavy atom. The van der Waals surface area contributed by atoms with E-state index in [9.17, 15) is 22.8 Å². The lowest BCUT2D eigenvalue weighted by molar-refractivity contribution is -0.144. The molecule has 2 fully saturated rings. The molecule has 0 spiro atoms. The first-order valence-corrected chi connectivity index (χ1v) is 8.19. The third-order valence-electron chi connectivity index (χ3n) is 4.50. The van der Waals surface area contributed by atoms with Gasteiger partial charge in [0.2, 0.25) is 11.8 Å². The zero-order valence-electron chi connectivity index (χ0n) is 13.6. The van der Waals surface area contributed by atoms with Crippen LogP contribution in [0.25, 0.3) is 0 Å². The lowest BCUT2D eigenvalue weighted by Crippen LogP contribution is -2.46. The van der Waals surface area contributed by atoms with E-state index in [0.717, 1.165) is 18.6 Å². The van der Waals surface area contributed by atoms with Gasteiger partial charge in [-0.2, -0.15) is 13.2 Å². The van der Waals surface area contributed by atoms with E-state index in [1.165, 1.54) is 11.0 Å². The predicted octanol–water partition coefficient (Wildman–Crippen LogP) is 2.23. The van der Waals surface area contributed by atoms with Crippen molar-refractivity contribution >= 4 is 11.8 Å². The maximum absolute atomic E-state index is 12.9. The molecule has 0 bridgehead atoms. The van der Waals surface area contributed by atoms with Crippen molar-refractivity contribution in [2.75, 3.05) is 32.8 Å². The van der Waals surface area contributed by atoms with E-state index >= 15 is 0 Å². The van der Waals surface area contributed by atoms with E-state index in [4.69, 9.17) is 4.74 Å². The van der Waals surface area contributed by atoms with Crippen molar-refractivity contribution in [1.82, 2.24) is 9.80 Å². The van der Waals surface area contributed by atoms with E-state index in [2.05, 4.69) is 0 Å². The lowest BCUT2D eigenvalue weighted by atomic mass is 10.0. The molecule has 2 aliphatic heterocycles. The molecule has 2 heterocycles. The van der Waals surface area contributed by atoms with E-state index < -0.39 is 17.8 Å². The molecule has 1 aromatic carbocycles. The number of rotatable bonds is 3. The summed E-state index contributed by atoms with van der Waals surface area (Å²) >= 11 is 0. The maximum Gasteiger partial charge on any atom is 0.416 e. The van der Waals surface area contributed by atoms with E-state index in [-0.39, 0.29) is 31.5 Å². The smallest absolute Gasteiger partial charge is 0.370 e. The number of hydrogen-bond donors (Lipinski definition) is 0. The van der Waals surface area contributed by atoms with Gasteiger partial charge >= 0.3 is 6.18 Å². The molecule has 1 aromatic rings. The monoisotopic (exact) mass is 356 g/mol. The van der Waals surface area contributed by atoms with Crippen LogP contribution in [-0.2, 0) is 20.5 Å². The van der Waals surface area contributed by atoms with Crippen LogP contribution in [0.2, 0.25) is 0 Å². The SMILES string of the molecule is O=C1CCCN1CC(=O)N1CCOC(c2cccc(C(F)(F)F)c2)C1. The van der Waals surface area contributed by atoms with Crippen LogP contribution in [0.3, 0.4) is 0 Å². The minimum Gasteiger partial charge on any atom is -0.370 e. The molecule has 0 saturated carbocycles. The van der Waals surface area contributed by atoms with E-state index in [1.807, 2.05) is 0 Å². The Balaban J connectivity index is 1.67. The van der Waals surface area contributed by atoms with Gasteiger partial charge in [-0.3, -0.25) is 9.59 Å². The number of halogens is 3. The Morgan fingerprint density at radius 3 is 2.76 bits per heavy atom. The Morgan fingerprint density at radius 2 is 2.08 bits per heavy atom. The summed E-state index contributed by atoms with van der Waals surface area (Å²) in [6, 6.07) is 4.97. The molecule has 2 amide bonds. The molecule has 8 heteroatoms. The van der Waals surface area contributed by atoms with Gasteiger partial charge in [-0.25, -0.2) is 0 Å². The minimum absolute atomic E-state index is 0.0220. The Bertz CT molecular complexity index is 663. The molecule has 1 atom stereocenters. The minimum atomic E-state index is -4.42. The number of ether oxygens (including phenoxy) is 1. The number of amides is 2. The van der Waals surface area contributed by atoms with Crippen LogP contribution in [0, 0.1) is 0 Å². The fourth-order valence-corrected chi connectivity index (χ4v) is 3.13. The van der Waals surface area contributed by atoms with E-state index in [1.54, 1.807) is 11.0 Å². The van der Waals surface area contributed by atoms with Gasteiger partial charge in [0.05, 0.1) is 25.3 Å². The van der Waals surface area contributed by atoms with Crippen molar-refractivity contribution < 1.29 is 27.5 Å². The average Bonchev–Trinajstić information content (AvgIpc) is 2.99. The summed E-state index contributed by atoms with van der Waals surface area (Å²) in [5.74, 6) is -0.230. The summed E-state index contributed by atoms with van der Waals surface area (Å²) in [5.41, 5.74) is -0.343. The molecule has 0 aliphatic carbocycles. The standard InChI is InChI=1S/C17H19F3N2O3/c18-17(19,20)13-4-1-3-12(9-13)14-10-22(7-8-25-14)16(24)11-21-6-2-5-15(21)23/h1,3-4,9,14H,2,5-8,10-11H2. The Hall–Kier alpha value is -2.09. The highest BCUT2D eigenvalue weighted by molar-refractivity contribution is 5.86. The van der Waals surface area contributed by atoms with Crippen LogP contribution in [0.4, 0.5) is 13.2 Å². The van der Waals surface area contributed by atoms with Gasteiger partial charge < -0.3 is 14.5 Å². The highest BCUT2D eigenvalue weighted by Crippen LogP contribution is 2.32. The number of nitrogens with zero attached hydrogens (tertiary/aromatic N) is 2. The van der Waals surface area contributed by atoms with Crippen molar-refractivity contribution in [3.05, 3.63) is 35.4 Å². The second-order valence-corrected chi connectivity index (χ2v) is 6.24. The lowest BCUT2D eigenvalue weighted by Gasteiger charge is -2.34. The van der Waals surface area contributed by atoms with Gasteiger partial charge in [-0.05, 0) is 24.1 Å². The van der Waals surface area contributed by atoms with Crippen molar-refractivity contribution in [2.24, 2.45) is 0 Å². The average molecular weight is 356 g/mol. The normalized spacial score (nSPS) is 21.7. The summed E-state index contributed by atoms with van der Waals surface area (Å²) in [6.45, 7) is 1.40. The van der Waals surface area contributed by atoms with Crippen molar-refractivity contribution in [1.29, 1.82) is 0 Å². The van der Waals surface area contributed by atoms with Crippen LogP contribution >= 0.6 is 0 Å². The molecule has 1 unspecified atom stereocenters. The molecular weight excluding hydrogens is 337 g/mol. The largest absolute Gasteiger partial charge is 0.416 e. The molecule has 0 radical (unpaired) electrons. The predicted molar refractivity (Wildman–Crippen MR) is 82.5 cm³/mol. The quantitative estimate of drug-likeness (QED) is 0.835. The summed E-state index contributed by atoms with van der Waals surface area (Å²) in [5, 5.41) is 0. The van der Waals surface area contributed by atoms with Gasteiger partial charge in [0.25, 0.3) is 0 Å². The summed E-state index contributed by atoms with van der Waals surface area (Å²) in [6.07, 6.45) is -3.81. The fraction of sp³-hybridized carbons (Fsp3) is 0.529. The second kappa shape index (κ2) is 7.03. The van der Waals surface area contributed by atoms with Gasteiger partial charge in [-0.1, -0.05) is 12.1 Å². The van der Waals surface area contributed by atoms with Crippen molar-refractivity contribution in [3.63, 3.8) is 0 Å². The van der Waals surface area contributed by atoms with Crippen molar-refractivity contribution in [2.45, 2.75) is 25.1 Å². The first kappa shape index (κ1) is 17.7. The molecule has 0 aromatic heterocycles. The molecular formula is C17H19F3N2O3. The van der Waals surface area contributed by atoms with Crippen LogP contribution in [0.1, 0.15) is 30.1 Å². The fourth-order valence-electron chi connectivity index (χ4n) is 3.13. The summed E-state index contributed by atoms with van der Waals surface area (Å²) < 4.78 is 44.1. The second-order valence-electron chi connectivity index (χ2n) is 6.24. The molecule has 0 N–H and O–H groups in total. The number of hydrogen-bond acceptors (Lipinski definition) is 3. The molecule has 2 aliphatic rings. The first-order chi connectivity index (χ1) is 11.8. The molecule has 3 rings (SSSR count). The molecule has 5 nitrogen and oxygen atoms in total. The van der Waals surface area contributed by atoms with Gasteiger partial charge in [0, 0.05) is 19.5 Å². The zero-order valence-corrected chi connectivity index (χ0v) is 13.6. The maximum atomic E-state index is 12.9. The number of alkyl halides is 3. The molecule has 2 saturated heterocycles.